The van der Waals surface area contributed by atoms with Crippen LogP contribution in [0.4, 0.5) is 22.4 Å². The van der Waals surface area contributed by atoms with Crippen molar-refractivity contribution in [3.8, 4) is 11.6 Å². The summed E-state index contributed by atoms with van der Waals surface area (Å²) in [4.78, 5) is 66.7. The number of benzene rings is 1. The quantitative estimate of drug-likeness (QED) is 0.144. The first-order chi connectivity index (χ1) is 28.5. The summed E-state index contributed by atoms with van der Waals surface area (Å²) >= 11 is 0. The van der Waals surface area contributed by atoms with E-state index in [-0.39, 0.29) is 47.0 Å². The number of alkyl carbamates (subject to hydrolysis) is 1. The van der Waals surface area contributed by atoms with Crippen LogP contribution in [0.5, 0.6) is 11.6 Å². The number of halogens is 4. The van der Waals surface area contributed by atoms with E-state index in [9.17, 15) is 36.4 Å². The lowest BCUT2D eigenvalue weighted by atomic mass is 9.85. The van der Waals surface area contributed by atoms with E-state index in [1.807, 2.05) is 0 Å². The largest absolute Gasteiger partial charge is 0.497 e. The highest BCUT2D eigenvalue weighted by Crippen LogP contribution is 2.51. The normalized spacial score (nSPS) is 31.0. The molecule has 8 atom stereocenters. The van der Waals surface area contributed by atoms with Gasteiger partial charge in [-0.05, 0) is 75.3 Å². The lowest BCUT2D eigenvalue weighted by molar-refractivity contribution is -0.144. The molecule has 4 fully saturated rings. The molecular formula is C40H53F4N7O9S. The zero-order valence-corrected chi connectivity index (χ0v) is 35.7. The standard InChI is InChI=1S/C40H53F4N7O9S/c1-7-22-27-19-50(28(22)32(52)49-39(18-23(39)31(41)42)35(54)51(45)61(56,57)38(5)14-15-38)34(53)30(37(2,3)4)48-36(55)60-26-16-20(26)10-8-9-13-40(43,44)29-33(59-27)47-25-17-21(58-6)11-12-24(25)46-29/h11-12,17,20,22-23,26-28,30-31H,7-10,13-16,18-19,45H2,1-6H3,(H,48,55)(H,49,52). The Morgan fingerprint density at radius 3 is 2.41 bits per heavy atom. The summed E-state index contributed by atoms with van der Waals surface area (Å²) in [5.41, 5.74) is -4.00. The number of methoxy groups -OCH3 is 1. The van der Waals surface area contributed by atoms with Gasteiger partial charge in [-0.15, -0.1) is 0 Å². The molecule has 16 nitrogen and oxygen atoms in total. The van der Waals surface area contributed by atoms with Crippen LogP contribution >= 0.6 is 0 Å². The Morgan fingerprint density at radius 1 is 1.10 bits per heavy atom. The number of nitrogens with one attached hydrogen (secondary N) is 2. The second-order valence-electron chi connectivity index (χ2n) is 18.4. The van der Waals surface area contributed by atoms with E-state index in [1.54, 1.807) is 33.8 Å². The van der Waals surface area contributed by atoms with Gasteiger partial charge in [-0.25, -0.2) is 37.8 Å². The Kier molecular flexibility index (Phi) is 11.4. The van der Waals surface area contributed by atoms with Gasteiger partial charge in [0, 0.05) is 18.4 Å². The molecule has 3 aliphatic carbocycles. The molecular weight excluding hydrogens is 831 g/mol. The van der Waals surface area contributed by atoms with Crippen LogP contribution in [0.25, 0.3) is 11.0 Å². The van der Waals surface area contributed by atoms with E-state index < -0.39 is 129 Å². The van der Waals surface area contributed by atoms with Crippen molar-refractivity contribution in [3.05, 3.63) is 23.9 Å². The molecule has 3 heterocycles. The Bertz CT molecular complexity index is 2210. The highest BCUT2D eigenvalue weighted by Gasteiger charge is 2.69. The van der Waals surface area contributed by atoms with Crippen molar-refractivity contribution in [2.45, 2.75) is 139 Å². The Labute approximate surface area is 351 Å². The van der Waals surface area contributed by atoms with Gasteiger partial charge < -0.3 is 29.7 Å². The monoisotopic (exact) mass is 883 g/mol. The van der Waals surface area contributed by atoms with Crippen molar-refractivity contribution in [1.29, 1.82) is 0 Å². The third-order valence-electron chi connectivity index (χ3n) is 13.0. The van der Waals surface area contributed by atoms with Crippen molar-refractivity contribution in [2.24, 2.45) is 29.0 Å². The maximum Gasteiger partial charge on any atom is 0.408 e. The molecule has 1 saturated heterocycles. The van der Waals surface area contributed by atoms with Gasteiger partial charge in [-0.1, -0.05) is 34.1 Å². The van der Waals surface area contributed by atoms with Crippen LogP contribution in [-0.4, -0.2) is 106 Å². The van der Waals surface area contributed by atoms with Gasteiger partial charge >= 0.3 is 6.09 Å². The summed E-state index contributed by atoms with van der Waals surface area (Å²) < 4.78 is 104. The highest BCUT2D eigenvalue weighted by molar-refractivity contribution is 7.91. The van der Waals surface area contributed by atoms with Crippen LogP contribution in [-0.2, 0) is 35.1 Å². The average molecular weight is 884 g/mol. The fourth-order valence-electron chi connectivity index (χ4n) is 8.61. The third-order valence-corrected chi connectivity index (χ3v) is 15.3. The first kappa shape index (κ1) is 44.5. The topological polar surface area (TPSA) is 212 Å². The second-order valence-corrected chi connectivity index (χ2v) is 20.7. The molecule has 1 aromatic carbocycles. The number of rotatable bonds is 8. The molecule has 2 aliphatic heterocycles. The number of nitrogens with two attached hydrogens (primary N) is 1. The molecule has 8 unspecified atom stereocenters. The molecule has 7 rings (SSSR count). The van der Waals surface area contributed by atoms with Gasteiger partial charge in [0.05, 0.1) is 35.4 Å². The lowest BCUT2D eigenvalue weighted by Gasteiger charge is -2.36. The molecule has 0 spiro atoms. The van der Waals surface area contributed by atoms with Crippen LogP contribution in [0.2, 0.25) is 0 Å². The van der Waals surface area contributed by atoms with E-state index in [4.69, 9.17) is 20.1 Å². The minimum atomic E-state index is -4.53. The number of hydrogen-bond donors (Lipinski definition) is 3. The number of aromatic nitrogens is 2. The minimum absolute atomic E-state index is 0.0286. The van der Waals surface area contributed by atoms with Gasteiger partial charge in [-0.2, -0.15) is 13.2 Å². The molecule has 61 heavy (non-hydrogen) atoms. The summed E-state index contributed by atoms with van der Waals surface area (Å²) in [6.07, 6.45) is -5.28. The number of hydrazine groups is 1. The molecule has 3 saturated carbocycles. The van der Waals surface area contributed by atoms with E-state index in [1.165, 1.54) is 26.2 Å². The van der Waals surface area contributed by atoms with Crippen molar-refractivity contribution < 1.29 is 59.4 Å². The van der Waals surface area contributed by atoms with Crippen molar-refractivity contribution in [2.75, 3.05) is 13.7 Å². The molecule has 5 aliphatic rings. The maximum atomic E-state index is 16.4. The number of hydrogen-bond acceptors (Lipinski definition) is 12. The van der Waals surface area contributed by atoms with Crippen LogP contribution in [0.15, 0.2) is 18.2 Å². The minimum Gasteiger partial charge on any atom is -0.497 e. The number of nitrogens with zero attached hydrogens (tertiary/aromatic N) is 4. The molecule has 1 aromatic heterocycles. The summed E-state index contributed by atoms with van der Waals surface area (Å²) in [6.45, 7) is 7.51. The number of amides is 4. The summed E-state index contributed by atoms with van der Waals surface area (Å²) in [7, 11) is -3.12. The van der Waals surface area contributed by atoms with E-state index in [0.29, 0.717) is 25.0 Å². The zero-order valence-electron chi connectivity index (χ0n) is 34.9. The predicted octanol–water partition coefficient (Wildman–Crippen LogP) is 4.54. The fraction of sp³-hybridized carbons (Fsp3) is 0.700. The van der Waals surface area contributed by atoms with Gasteiger partial charge in [-0.3, -0.25) is 14.4 Å². The van der Waals surface area contributed by atoms with Crippen LogP contribution in [0.3, 0.4) is 0 Å². The SMILES string of the molecule is CCC1C2CN(C(=O)C(C(C)(C)C)NC(=O)OC3CC3CCCCC(F)(F)c3nc4ccc(OC)cc4nc3O2)C1C(=O)NC1(C(=O)N(N)S(=O)(=O)C2(C)CC2)CC1C(F)F. The van der Waals surface area contributed by atoms with Crippen LogP contribution < -0.4 is 25.9 Å². The first-order valence-electron chi connectivity index (χ1n) is 20.6. The third kappa shape index (κ3) is 8.27. The number of fused-ring (bicyclic) bond motifs is 5. The van der Waals surface area contributed by atoms with Gasteiger partial charge in [0.25, 0.3) is 21.9 Å². The van der Waals surface area contributed by atoms with Gasteiger partial charge in [0.15, 0.2) is 5.69 Å². The Hall–Kier alpha value is -4.53. The number of carbonyl (C=O) groups excluding carboxylic acids is 4. The molecule has 2 aromatic rings. The molecule has 2 bridgehead atoms. The number of alkyl halides is 4. The summed E-state index contributed by atoms with van der Waals surface area (Å²) in [6, 6.07) is 1.51. The van der Waals surface area contributed by atoms with Crippen molar-refractivity contribution in [3.63, 3.8) is 0 Å². The van der Waals surface area contributed by atoms with Gasteiger partial charge in [0.2, 0.25) is 24.1 Å². The average Bonchev–Trinajstić information content (AvgIpc) is 4.15. The summed E-state index contributed by atoms with van der Waals surface area (Å²) in [5, 5.41) is 5.03. The van der Waals surface area contributed by atoms with E-state index >= 15 is 8.78 Å². The summed E-state index contributed by atoms with van der Waals surface area (Å²) in [5.74, 6) is -4.33. The predicted molar refractivity (Wildman–Crippen MR) is 209 cm³/mol. The van der Waals surface area contributed by atoms with E-state index in [2.05, 4.69) is 20.6 Å². The van der Waals surface area contributed by atoms with Crippen molar-refractivity contribution in [1.82, 2.24) is 29.9 Å². The Morgan fingerprint density at radius 2 is 1.80 bits per heavy atom. The lowest BCUT2D eigenvalue weighted by Crippen LogP contribution is -2.62. The first-order valence-corrected chi connectivity index (χ1v) is 22.0. The van der Waals surface area contributed by atoms with Crippen LogP contribution in [0, 0.1) is 23.2 Å². The van der Waals surface area contributed by atoms with Crippen LogP contribution in [0.1, 0.15) is 98.1 Å². The Balaban J connectivity index is 1.31. The molecule has 4 amide bonds. The number of sulfonamides is 1. The second kappa shape index (κ2) is 15.7. The zero-order chi connectivity index (χ0) is 44.6. The van der Waals surface area contributed by atoms with E-state index in [0.717, 1.165) is 4.90 Å². The molecule has 21 heteroatoms. The van der Waals surface area contributed by atoms with Crippen molar-refractivity contribution >= 4 is 44.9 Å². The molecule has 4 N–H and O–H groups in total. The van der Waals surface area contributed by atoms with Gasteiger partial charge in [0.1, 0.15) is 35.6 Å². The highest BCUT2D eigenvalue weighted by atomic mass is 32.2. The smallest absolute Gasteiger partial charge is 0.408 e. The number of carbonyl (C=O) groups is 4. The fourth-order valence-corrected chi connectivity index (χ4v) is 10.1. The molecule has 0 radical (unpaired) electrons. The number of ether oxygens (including phenoxy) is 3. The maximum absolute atomic E-state index is 16.4. The molecule has 336 valence electrons.